The Hall–Kier alpha value is -2.34. The maximum absolute atomic E-state index is 5.50. The van der Waals surface area contributed by atoms with E-state index in [-0.39, 0.29) is 0 Å². The van der Waals surface area contributed by atoms with Crippen molar-refractivity contribution in [1.82, 2.24) is 33.9 Å². The molecule has 210 valence electrons. The summed E-state index contributed by atoms with van der Waals surface area (Å²) in [6.45, 7) is 10.9. The molecule has 11 heteroatoms. The number of rotatable bonds is 7. The third-order valence-electron chi connectivity index (χ3n) is 9.42. The summed E-state index contributed by atoms with van der Waals surface area (Å²) in [6.07, 6.45) is 12.1. The Morgan fingerprint density at radius 3 is 2.54 bits per heavy atom. The third kappa shape index (κ3) is 5.03. The molecule has 3 saturated heterocycles. The summed E-state index contributed by atoms with van der Waals surface area (Å²) in [7, 11) is 0. The molecule has 1 aliphatic carbocycles. The van der Waals surface area contributed by atoms with Gasteiger partial charge in [-0.05, 0) is 77.2 Å². The summed E-state index contributed by atoms with van der Waals surface area (Å²) in [5.74, 6) is 1.50. The Morgan fingerprint density at radius 1 is 0.974 bits per heavy atom. The number of aryl methyl sites for hydroxylation is 1. The zero-order valence-corrected chi connectivity index (χ0v) is 24.2. The highest BCUT2D eigenvalue weighted by Crippen LogP contribution is 2.38. The lowest BCUT2D eigenvalue weighted by atomic mass is 9.89. The van der Waals surface area contributed by atoms with Gasteiger partial charge in [0.2, 0.25) is 5.95 Å². The van der Waals surface area contributed by atoms with Crippen molar-refractivity contribution < 1.29 is 4.74 Å². The van der Waals surface area contributed by atoms with Crippen molar-refractivity contribution in [3.05, 3.63) is 18.1 Å². The molecule has 2 atom stereocenters. The molecule has 10 nitrogen and oxygen atoms in total. The molecule has 0 aromatic carbocycles. The van der Waals surface area contributed by atoms with Crippen LogP contribution in [0.15, 0.2) is 12.4 Å². The second-order valence-corrected chi connectivity index (χ2v) is 13.0. The number of nitrogens with one attached hydrogen (secondary N) is 2. The molecule has 3 aromatic heterocycles. The smallest absolute Gasteiger partial charge is 0.230 e. The molecule has 7 rings (SSSR count). The number of piperazine rings is 1. The van der Waals surface area contributed by atoms with E-state index in [1.54, 1.807) is 0 Å². The molecule has 1 saturated carbocycles. The standard InChI is InChI=1S/C28H41N9OS/c1-17(2)35-15-24-12-23(35)16-36(24)21-6-4-19(5-7-21)30-26-25-18(3)34-39-27(25)33-28(32-26)31-20-13-29-37(14-20)22-8-10-38-11-9-22/h13-14,17,19,21-24H,4-12,15-16H2,1-3H3,(H2,30,31,32,33)/t19?,21?,23-,24-/m1/s1. The van der Waals surface area contributed by atoms with Gasteiger partial charge in [0.1, 0.15) is 5.82 Å². The number of nitrogens with zero attached hydrogens (tertiary/aromatic N) is 7. The Kier molecular flexibility index (Phi) is 6.94. The van der Waals surface area contributed by atoms with Crippen LogP contribution in [-0.4, -0.2) is 90.4 Å². The van der Waals surface area contributed by atoms with E-state index in [2.05, 4.69) is 56.9 Å². The fraction of sp³-hybridized carbons (Fsp3) is 0.714. The lowest BCUT2D eigenvalue weighted by Crippen LogP contribution is -2.53. The van der Waals surface area contributed by atoms with Crippen molar-refractivity contribution >= 4 is 39.2 Å². The first kappa shape index (κ1) is 25.6. The summed E-state index contributed by atoms with van der Waals surface area (Å²) in [5, 5.41) is 12.9. The quantitative estimate of drug-likeness (QED) is 0.437. The monoisotopic (exact) mass is 551 g/mol. The summed E-state index contributed by atoms with van der Waals surface area (Å²) >= 11 is 1.44. The Labute approximate surface area is 234 Å². The van der Waals surface area contributed by atoms with E-state index in [0.717, 1.165) is 71.6 Å². The van der Waals surface area contributed by atoms with Crippen LogP contribution in [-0.2, 0) is 4.74 Å². The Bertz CT molecular complexity index is 1290. The van der Waals surface area contributed by atoms with E-state index < -0.39 is 0 Å². The van der Waals surface area contributed by atoms with E-state index in [4.69, 9.17) is 14.7 Å². The Morgan fingerprint density at radius 2 is 1.79 bits per heavy atom. The van der Waals surface area contributed by atoms with Crippen LogP contribution in [0, 0.1) is 6.92 Å². The van der Waals surface area contributed by atoms with Crippen LogP contribution in [0.25, 0.3) is 10.2 Å². The molecule has 4 fully saturated rings. The van der Waals surface area contributed by atoms with Crippen LogP contribution in [0.1, 0.15) is 70.5 Å². The second-order valence-electron chi connectivity index (χ2n) is 12.2. The molecule has 0 unspecified atom stereocenters. The van der Waals surface area contributed by atoms with Crippen LogP contribution in [0.5, 0.6) is 0 Å². The van der Waals surface area contributed by atoms with Crippen LogP contribution in [0.2, 0.25) is 0 Å². The minimum atomic E-state index is 0.388. The molecule has 39 heavy (non-hydrogen) atoms. The zero-order chi connectivity index (χ0) is 26.5. The van der Waals surface area contributed by atoms with Crippen LogP contribution >= 0.6 is 11.5 Å². The molecule has 6 heterocycles. The molecule has 2 N–H and O–H groups in total. The lowest BCUT2D eigenvalue weighted by molar-refractivity contribution is 0.0595. The Balaban J connectivity index is 1.02. The fourth-order valence-corrected chi connectivity index (χ4v) is 8.16. The molecule has 3 aliphatic heterocycles. The first-order valence-corrected chi connectivity index (χ1v) is 15.6. The van der Waals surface area contributed by atoms with Crippen molar-refractivity contribution in [1.29, 1.82) is 0 Å². The number of ether oxygens (including phenoxy) is 1. The van der Waals surface area contributed by atoms with Gasteiger partial charge in [0.05, 0.1) is 29.0 Å². The fourth-order valence-electron chi connectivity index (χ4n) is 7.38. The van der Waals surface area contributed by atoms with Gasteiger partial charge in [0.25, 0.3) is 0 Å². The molecule has 0 amide bonds. The average Bonchev–Trinajstić information content (AvgIpc) is 3.74. The van der Waals surface area contributed by atoms with Gasteiger partial charge in [-0.2, -0.15) is 19.4 Å². The number of hydrogen-bond acceptors (Lipinski definition) is 10. The number of hydrogen-bond donors (Lipinski definition) is 2. The van der Waals surface area contributed by atoms with Crippen molar-refractivity contribution in [2.24, 2.45) is 0 Å². The van der Waals surface area contributed by atoms with Crippen molar-refractivity contribution in [2.45, 2.75) is 102 Å². The zero-order valence-electron chi connectivity index (χ0n) is 23.3. The van der Waals surface area contributed by atoms with Gasteiger partial charge in [0.15, 0.2) is 4.83 Å². The first-order valence-electron chi connectivity index (χ1n) is 14.8. The number of anilines is 3. The minimum absolute atomic E-state index is 0.388. The van der Waals surface area contributed by atoms with Gasteiger partial charge in [-0.1, -0.05) is 0 Å². The molecule has 2 bridgehead atoms. The first-order chi connectivity index (χ1) is 19.0. The van der Waals surface area contributed by atoms with Gasteiger partial charge in [-0.15, -0.1) is 0 Å². The second kappa shape index (κ2) is 10.6. The predicted molar refractivity (Wildman–Crippen MR) is 155 cm³/mol. The SMILES string of the molecule is Cc1nsc2nc(Nc3cnn(C4CCOCC4)c3)nc(NC3CCC(N4C[C@H]5C[C@@H]4CN5C(C)C)CC3)c12. The van der Waals surface area contributed by atoms with E-state index >= 15 is 0 Å². The number of fused-ring (bicyclic) bond motifs is 3. The molecule has 3 aromatic rings. The highest BCUT2D eigenvalue weighted by atomic mass is 32.1. The van der Waals surface area contributed by atoms with Crippen LogP contribution in [0.4, 0.5) is 17.5 Å². The van der Waals surface area contributed by atoms with Crippen molar-refractivity contribution in [2.75, 3.05) is 36.9 Å². The normalized spacial score (nSPS) is 28.6. The van der Waals surface area contributed by atoms with Crippen LogP contribution < -0.4 is 10.6 Å². The van der Waals surface area contributed by atoms with Crippen molar-refractivity contribution in [3.8, 4) is 0 Å². The van der Waals surface area contributed by atoms with Crippen LogP contribution in [0.3, 0.4) is 0 Å². The number of aromatic nitrogens is 5. The third-order valence-corrected chi connectivity index (χ3v) is 10.3. The van der Waals surface area contributed by atoms with E-state index in [0.29, 0.717) is 24.1 Å². The predicted octanol–water partition coefficient (Wildman–Crippen LogP) is 4.58. The van der Waals surface area contributed by atoms with Gasteiger partial charge in [0, 0.05) is 62.7 Å². The van der Waals surface area contributed by atoms with Gasteiger partial charge < -0.3 is 15.4 Å². The summed E-state index contributed by atoms with van der Waals surface area (Å²) in [6, 6.07) is 3.74. The lowest BCUT2D eigenvalue weighted by Gasteiger charge is -2.43. The average molecular weight is 552 g/mol. The van der Waals surface area contributed by atoms with Gasteiger partial charge in [-0.3, -0.25) is 14.5 Å². The molecular formula is C28H41N9OS. The molecular weight excluding hydrogens is 510 g/mol. The minimum Gasteiger partial charge on any atom is -0.381 e. The number of likely N-dealkylation sites (tertiary alicyclic amines) is 2. The molecule has 0 spiro atoms. The maximum Gasteiger partial charge on any atom is 0.230 e. The highest BCUT2D eigenvalue weighted by molar-refractivity contribution is 7.13. The highest BCUT2D eigenvalue weighted by Gasteiger charge is 2.46. The van der Waals surface area contributed by atoms with E-state index in [9.17, 15) is 0 Å². The summed E-state index contributed by atoms with van der Waals surface area (Å²) in [5.41, 5.74) is 1.90. The van der Waals surface area contributed by atoms with E-state index in [1.807, 2.05) is 10.9 Å². The largest absolute Gasteiger partial charge is 0.381 e. The molecule has 0 radical (unpaired) electrons. The summed E-state index contributed by atoms with van der Waals surface area (Å²) < 4.78 is 12.2. The van der Waals surface area contributed by atoms with Crippen molar-refractivity contribution in [3.63, 3.8) is 0 Å². The molecule has 4 aliphatic rings. The maximum atomic E-state index is 5.50. The summed E-state index contributed by atoms with van der Waals surface area (Å²) in [4.78, 5) is 16.2. The van der Waals surface area contributed by atoms with Gasteiger partial charge in [-0.25, -0.2) is 0 Å². The van der Waals surface area contributed by atoms with E-state index in [1.165, 1.54) is 56.7 Å². The topological polar surface area (TPSA) is 96.3 Å². The van der Waals surface area contributed by atoms with Gasteiger partial charge >= 0.3 is 0 Å².